The zero-order valence-electron chi connectivity index (χ0n) is 16.6. The number of unbranched alkanes of at least 4 members (excludes halogenated alkanes) is 5. The molecule has 0 fully saturated rings. The van der Waals surface area contributed by atoms with E-state index in [0.29, 0.717) is 18.7 Å². The first-order valence-electron chi connectivity index (χ1n) is 10.2. The second-order valence-corrected chi connectivity index (χ2v) is 7.34. The first-order chi connectivity index (χ1) is 13.2. The molecule has 2 heterocycles. The van der Waals surface area contributed by atoms with Crippen LogP contribution in [-0.2, 0) is 20.0 Å². The van der Waals surface area contributed by atoms with Crippen LogP contribution < -0.4 is 4.74 Å². The first kappa shape index (κ1) is 19.5. The van der Waals surface area contributed by atoms with Crippen molar-refractivity contribution in [2.24, 2.45) is 7.05 Å². The third-order valence-corrected chi connectivity index (χ3v) is 5.27. The van der Waals surface area contributed by atoms with E-state index in [2.05, 4.69) is 18.0 Å². The largest absolute Gasteiger partial charge is 0.492 e. The van der Waals surface area contributed by atoms with Crippen molar-refractivity contribution in [2.45, 2.75) is 58.4 Å². The molecule has 5 heteroatoms. The molecular weight excluding hydrogens is 338 g/mol. The molecule has 0 atom stereocenters. The van der Waals surface area contributed by atoms with E-state index in [1.165, 1.54) is 25.7 Å². The topological polar surface area (TPSA) is 47.4 Å². The average Bonchev–Trinajstić information content (AvgIpc) is 3.31. The Bertz CT molecular complexity index is 754. The van der Waals surface area contributed by atoms with E-state index in [1.54, 1.807) is 6.20 Å². The van der Waals surface area contributed by atoms with Gasteiger partial charge in [-0.05, 0) is 18.1 Å². The number of aromatic nitrogens is 2. The lowest BCUT2D eigenvalue weighted by Crippen LogP contribution is -2.32. The smallest absolute Gasteiger partial charge is 0.258 e. The second kappa shape index (κ2) is 9.58. The highest BCUT2D eigenvalue weighted by Crippen LogP contribution is 2.30. The normalized spacial score (nSPS) is 12.7. The lowest BCUT2D eigenvalue weighted by Gasteiger charge is -2.23. The molecule has 0 saturated carbocycles. The summed E-state index contributed by atoms with van der Waals surface area (Å²) >= 11 is 0. The van der Waals surface area contributed by atoms with Gasteiger partial charge in [-0.25, -0.2) is 4.98 Å². The molecule has 146 valence electrons. The van der Waals surface area contributed by atoms with Crippen LogP contribution in [0.25, 0.3) is 0 Å². The standard InChI is InChI=1S/C22H31N3O2/c1-3-4-5-6-7-8-14-25(17-20-23-13-15-24(20)2)22(26)19-11-9-10-18-12-16-27-21(18)19/h9-11,13,15H,3-8,12,14,16-17H2,1-2H3. The van der Waals surface area contributed by atoms with Crippen LogP contribution in [0.1, 0.15) is 67.2 Å². The molecule has 0 N–H and O–H groups in total. The zero-order valence-corrected chi connectivity index (χ0v) is 16.6. The summed E-state index contributed by atoms with van der Waals surface area (Å²) in [5, 5.41) is 0. The third kappa shape index (κ3) is 4.90. The van der Waals surface area contributed by atoms with E-state index in [-0.39, 0.29) is 5.91 Å². The van der Waals surface area contributed by atoms with Crippen molar-refractivity contribution in [3.8, 4) is 5.75 Å². The lowest BCUT2D eigenvalue weighted by atomic mass is 10.1. The number of para-hydroxylation sites is 1. The quantitative estimate of drug-likeness (QED) is 0.585. The fraction of sp³-hybridized carbons (Fsp3) is 0.545. The summed E-state index contributed by atoms with van der Waals surface area (Å²) in [6.45, 7) is 4.17. The number of amides is 1. The molecule has 1 aliphatic heterocycles. The Morgan fingerprint density at radius 3 is 2.81 bits per heavy atom. The van der Waals surface area contributed by atoms with Gasteiger partial charge in [0.15, 0.2) is 0 Å². The van der Waals surface area contributed by atoms with Gasteiger partial charge >= 0.3 is 0 Å². The summed E-state index contributed by atoms with van der Waals surface area (Å²) < 4.78 is 7.74. The minimum atomic E-state index is 0.0466. The number of imidazole rings is 1. The Morgan fingerprint density at radius 2 is 2.04 bits per heavy atom. The van der Waals surface area contributed by atoms with E-state index in [9.17, 15) is 4.79 Å². The van der Waals surface area contributed by atoms with Gasteiger partial charge in [0.1, 0.15) is 11.6 Å². The molecule has 0 bridgehead atoms. The summed E-state index contributed by atoms with van der Waals surface area (Å²) in [4.78, 5) is 19.7. The molecule has 5 nitrogen and oxygen atoms in total. The van der Waals surface area contributed by atoms with Crippen molar-refractivity contribution in [3.05, 3.63) is 47.5 Å². The second-order valence-electron chi connectivity index (χ2n) is 7.34. The minimum Gasteiger partial charge on any atom is -0.492 e. The Balaban J connectivity index is 1.70. The van der Waals surface area contributed by atoms with Crippen LogP contribution in [0.5, 0.6) is 5.75 Å². The van der Waals surface area contributed by atoms with Crippen molar-refractivity contribution in [3.63, 3.8) is 0 Å². The molecule has 2 aromatic rings. The molecule has 0 spiro atoms. The van der Waals surface area contributed by atoms with Crippen molar-refractivity contribution < 1.29 is 9.53 Å². The molecule has 0 aliphatic carbocycles. The summed E-state index contributed by atoms with van der Waals surface area (Å²) in [6, 6.07) is 5.90. The van der Waals surface area contributed by atoms with Gasteiger partial charge in [-0.2, -0.15) is 0 Å². The van der Waals surface area contributed by atoms with Gasteiger partial charge in [-0.3, -0.25) is 4.79 Å². The molecular formula is C22H31N3O2. The van der Waals surface area contributed by atoms with Crippen molar-refractivity contribution in [1.29, 1.82) is 0 Å². The van der Waals surface area contributed by atoms with E-state index in [4.69, 9.17) is 4.74 Å². The number of nitrogens with zero attached hydrogens (tertiary/aromatic N) is 3. The van der Waals surface area contributed by atoms with Gasteiger partial charge < -0.3 is 14.2 Å². The van der Waals surface area contributed by atoms with Crippen LogP contribution in [0, 0.1) is 0 Å². The monoisotopic (exact) mass is 369 g/mol. The van der Waals surface area contributed by atoms with Gasteiger partial charge in [-0.15, -0.1) is 0 Å². The molecule has 27 heavy (non-hydrogen) atoms. The summed E-state index contributed by atoms with van der Waals surface area (Å²) in [5.74, 6) is 1.73. The number of hydrogen-bond acceptors (Lipinski definition) is 3. The van der Waals surface area contributed by atoms with Gasteiger partial charge in [0.2, 0.25) is 0 Å². The summed E-state index contributed by atoms with van der Waals surface area (Å²) in [7, 11) is 1.97. The van der Waals surface area contributed by atoms with Gasteiger partial charge in [0, 0.05) is 32.4 Å². The number of carbonyl (C=O) groups excluding carboxylic acids is 1. The molecule has 0 radical (unpaired) electrons. The summed E-state index contributed by atoms with van der Waals surface area (Å²) in [6.07, 6.45) is 11.8. The van der Waals surface area contributed by atoms with Crippen LogP contribution >= 0.6 is 0 Å². The van der Waals surface area contributed by atoms with E-state index >= 15 is 0 Å². The lowest BCUT2D eigenvalue weighted by molar-refractivity contribution is 0.0730. The number of aryl methyl sites for hydroxylation is 1. The fourth-order valence-corrected chi connectivity index (χ4v) is 3.61. The maximum Gasteiger partial charge on any atom is 0.258 e. The number of ether oxygens (including phenoxy) is 1. The Morgan fingerprint density at radius 1 is 1.22 bits per heavy atom. The Hall–Kier alpha value is -2.30. The molecule has 1 aromatic carbocycles. The van der Waals surface area contributed by atoms with Gasteiger partial charge in [0.05, 0.1) is 18.7 Å². The van der Waals surface area contributed by atoms with E-state index in [1.807, 2.05) is 34.8 Å². The molecule has 1 aromatic heterocycles. The predicted octanol–water partition coefficient (Wildman–Crippen LogP) is 4.36. The molecule has 1 amide bonds. The van der Waals surface area contributed by atoms with Crippen LogP contribution in [0.15, 0.2) is 30.6 Å². The molecule has 0 unspecified atom stereocenters. The van der Waals surface area contributed by atoms with Crippen molar-refractivity contribution in [2.75, 3.05) is 13.2 Å². The SMILES string of the molecule is CCCCCCCCN(Cc1nccn1C)C(=O)c1cccc2c1OCC2. The van der Waals surface area contributed by atoms with E-state index < -0.39 is 0 Å². The van der Waals surface area contributed by atoms with Gasteiger partial charge in [0.25, 0.3) is 5.91 Å². The maximum absolute atomic E-state index is 13.3. The Kier molecular flexibility index (Phi) is 6.91. The Labute approximate surface area is 162 Å². The highest BCUT2D eigenvalue weighted by Gasteiger charge is 2.25. The maximum atomic E-state index is 13.3. The first-order valence-corrected chi connectivity index (χ1v) is 10.2. The van der Waals surface area contributed by atoms with Crippen LogP contribution in [0.4, 0.5) is 0 Å². The predicted molar refractivity (Wildman–Crippen MR) is 107 cm³/mol. The molecule has 0 saturated heterocycles. The summed E-state index contributed by atoms with van der Waals surface area (Å²) in [5.41, 5.74) is 1.82. The number of carbonyl (C=O) groups is 1. The van der Waals surface area contributed by atoms with E-state index in [0.717, 1.165) is 42.9 Å². The molecule has 3 rings (SSSR count). The van der Waals surface area contributed by atoms with Gasteiger partial charge in [-0.1, -0.05) is 51.2 Å². The van der Waals surface area contributed by atoms with Crippen LogP contribution in [0.3, 0.4) is 0 Å². The van der Waals surface area contributed by atoms with Crippen molar-refractivity contribution >= 4 is 5.91 Å². The zero-order chi connectivity index (χ0) is 19.1. The molecule has 1 aliphatic rings. The minimum absolute atomic E-state index is 0.0466. The number of benzene rings is 1. The highest BCUT2D eigenvalue weighted by atomic mass is 16.5. The third-order valence-electron chi connectivity index (χ3n) is 5.27. The van der Waals surface area contributed by atoms with Crippen LogP contribution in [0.2, 0.25) is 0 Å². The number of rotatable bonds is 10. The van der Waals surface area contributed by atoms with Crippen molar-refractivity contribution in [1.82, 2.24) is 14.5 Å². The number of hydrogen-bond donors (Lipinski definition) is 0. The highest BCUT2D eigenvalue weighted by molar-refractivity contribution is 5.97. The number of fused-ring (bicyclic) bond motifs is 1. The average molecular weight is 370 g/mol. The fourth-order valence-electron chi connectivity index (χ4n) is 3.61. The van der Waals surface area contributed by atoms with Crippen LogP contribution in [-0.4, -0.2) is 33.5 Å².